The summed E-state index contributed by atoms with van der Waals surface area (Å²) in [7, 11) is 0. The summed E-state index contributed by atoms with van der Waals surface area (Å²) in [4.78, 5) is 17.8. The minimum atomic E-state index is -0.691. The van der Waals surface area contributed by atoms with Crippen LogP contribution in [0.25, 0.3) is 0 Å². The number of ether oxygens (including phenoxy) is 1. The van der Waals surface area contributed by atoms with Crippen LogP contribution < -0.4 is 4.74 Å². The Morgan fingerprint density at radius 2 is 2.04 bits per heavy atom. The minimum Gasteiger partial charge on any atom is -0.486 e. The second-order valence-electron chi connectivity index (χ2n) is 5.86. The number of carboxylic acids is 1. The van der Waals surface area contributed by atoms with Gasteiger partial charge in [-0.1, -0.05) is 0 Å². The predicted octanol–water partition coefficient (Wildman–Crippen LogP) is 3.16. The van der Waals surface area contributed by atoms with Crippen molar-refractivity contribution in [3.05, 3.63) is 46.2 Å². The maximum atomic E-state index is 12.8. The molecule has 0 amide bonds. The van der Waals surface area contributed by atoms with Gasteiger partial charge >= 0.3 is 5.97 Å². The summed E-state index contributed by atoms with van der Waals surface area (Å²) in [5.41, 5.74) is 0.978. The molecule has 0 saturated carbocycles. The van der Waals surface area contributed by atoms with Crippen LogP contribution in [0, 0.1) is 11.7 Å². The van der Waals surface area contributed by atoms with Gasteiger partial charge in [0.05, 0.1) is 11.6 Å². The van der Waals surface area contributed by atoms with Crippen LogP contribution in [0.1, 0.15) is 23.5 Å². The van der Waals surface area contributed by atoms with E-state index in [1.807, 2.05) is 5.38 Å². The number of carboxylic acid groups (broad SMARTS) is 1. The van der Waals surface area contributed by atoms with Crippen molar-refractivity contribution in [1.29, 1.82) is 0 Å². The number of piperidine rings is 1. The van der Waals surface area contributed by atoms with Gasteiger partial charge in [0.1, 0.15) is 23.2 Å². The Kier molecular flexibility index (Phi) is 5.42. The lowest BCUT2D eigenvalue weighted by atomic mass is 9.97. The molecule has 1 aliphatic rings. The number of nitrogens with zero attached hydrogens (tertiary/aromatic N) is 2. The zero-order chi connectivity index (χ0) is 16.9. The van der Waals surface area contributed by atoms with Gasteiger partial charge in [-0.15, -0.1) is 11.3 Å². The molecular formula is C17H19FN2O3S. The maximum absolute atomic E-state index is 12.8. The lowest BCUT2D eigenvalue weighted by Gasteiger charge is -2.29. The average molecular weight is 350 g/mol. The molecule has 1 aromatic heterocycles. The fraction of sp³-hybridized carbons (Fsp3) is 0.412. The summed E-state index contributed by atoms with van der Waals surface area (Å²) in [6, 6.07) is 5.92. The molecule has 1 aliphatic heterocycles. The van der Waals surface area contributed by atoms with Gasteiger partial charge in [0.25, 0.3) is 0 Å². The van der Waals surface area contributed by atoms with Crippen LogP contribution in [0.3, 0.4) is 0 Å². The molecule has 1 saturated heterocycles. The van der Waals surface area contributed by atoms with Gasteiger partial charge in [-0.2, -0.15) is 0 Å². The van der Waals surface area contributed by atoms with E-state index >= 15 is 0 Å². The standard InChI is InChI=1S/C17H19FN2O3S/c18-13-1-3-15(4-2-13)23-10-16-19-14(11-24-16)9-20-7-5-12(6-8-20)17(21)22/h1-4,11-12H,5-10H2,(H,21,22). The van der Waals surface area contributed by atoms with E-state index in [1.165, 1.54) is 23.5 Å². The molecule has 1 fully saturated rings. The first kappa shape index (κ1) is 16.9. The molecule has 2 heterocycles. The number of likely N-dealkylation sites (tertiary alicyclic amines) is 1. The van der Waals surface area contributed by atoms with Crippen LogP contribution in [-0.4, -0.2) is 34.0 Å². The quantitative estimate of drug-likeness (QED) is 0.867. The number of benzene rings is 1. The molecule has 24 heavy (non-hydrogen) atoms. The van der Waals surface area contributed by atoms with Crippen molar-refractivity contribution in [2.75, 3.05) is 13.1 Å². The first-order valence-electron chi connectivity index (χ1n) is 7.87. The van der Waals surface area contributed by atoms with Crippen molar-refractivity contribution in [2.45, 2.75) is 26.0 Å². The molecule has 0 aliphatic carbocycles. The highest BCUT2D eigenvalue weighted by Crippen LogP contribution is 2.21. The number of hydrogen-bond acceptors (Lipinski definition) is 5. The van der Waals surface area contributed by atoms with Gasteiger partial charge in [-0.25, -0.2) is 9.37 Å². The topological polar surface area (TPSA) is 62.7 Å². The second-order valence-corrected chi connectivity index (χ2v) is 6.81. The van der Waals surface area contributed by atoms with Crippen molar-refractivity contribution in [3.63, 3.8) is 0 Å². The number of hydrogen-bond donors (Lipinski definition) is 1. The van der Waals surface area contributed by atoms with E-state index in [2.05, 4.69) is 9.88 Å². The highest BCUT2D eigenvalue weighted by atomic mass is 32.1. The van der Waals surface area contributed by atoms with E-state index in [4.69, 9.17) is 9.84 Å². The molecular weight excluding hydrogens is 331 g/mol. The number of carbonyl (C=O) groups is 1. The molecule has 1 N–H and O–H groups in total. The Balaban J connectivity index is 1.47. The van der Waals surface area contributed by atoms with Crippen molar-refractivity contribution in [2.24, 2.45) is 5.92 Å². The monoisotopic (exact) mass is 350 g/mol. The van der Waals surface area contributed by atoms with Gasteiger partial charge in [0.15, 0.2) is 0 Å². The molecule has 3 rings (SSSR count). The first-order chi connectivity index (χ1) is 11.6. The number of thiazole rings is 1. The van der Waals surface area contributed by atoms with Crippen LogP contribution >= 0.6 is 11.3 Å². The Bertz CT molecular complexity index is 681. The summed E-state index contributed by atoms with van der Waals surface area (Å²) < 4.78 is 18.4. The van der Waals surface area contributed by atoms with Crippen molar-refractivity contribution < 1.29 is 19.0 Å². The fourth-order valence-electron chi connectivity index (χ4n) is 2.73. The van der Waals surface area contributed by atoms with Crippen LogP contribution in [0.15, 0.2) is 29.6 Å². The smallest absolute Gasteiger partial charge is 0.306 e. The van der Waals surface area contributed by atoms with E-state index in [9.17, 15) is 9.18 Å². The molecule has 0 radical (unpaired) electrons. The lowest BCUT2D eigenvalue weighted by Crippen LogP contribution is -2.35. The molecule has 2 aromatic rings. The Morgan fingerprint density at radius 3 is 2.71 bits per heavy atom. The highest BCUT2D eigenvalue weighted by Gasteiger charge is 2.24. The lowest BCUT2D eigenvalue weighted by molar-refractivity contribution is -0.143. The summed E-state index contributed by atoms with van der Waals surface area (Å²) >= 11 is 1.53. The van der Waals surface area contributed by atoms with Gasteiger partial charge in [0, 0.05) is 11.9 Å². The minimum absolute atomic E-state index is 0.212. The number of aliphatic carboxylic acids is 1. The normalized spacial score (nSPS) is 16.2. The van der Waals surface area contributed by atoms with Crippen LogP contribution in [0.4, 0.5) is 4.39 Å². The zero-order valence-electron chi connectivity index (χ0n) is 13.2. The molecule has 0 bridgehead atoms. The van der Waals surface area contributed by atoms with Gasteiger partial charge < -0.3 is 9.84 Å². The van der Waals surface area contributed by atoms with E-state index in [1.54, 1.807) is 12.1 Å². The largest absolute Gasteiger partial charge is 0.486 e. The molecule has 0 atom stereocenters. The molecule has 7 heteroatoms. The van der Waals surface area contributed by atoms with E-state index in [0.717, 1.165) is 30.3 Å². The van der Waals surface area contributed by atoms with E-state index in [0.29, 0.717) is 25.2 Å². The Hall–Kier alpha value is -1.99. The summed E-state index contributed by atoms with van der Waals surface area (Å²) in [6.45, 7) is 2.67. The van der Waals surface area contributed by atoms with E-state index in [-0.39, 0.29) is 11.7 Å². The van der Waals surface area contributed by atoms with Crippen molar-refractivity contribution in [3.8, 4) is 5.75 Å². The number of halogens is 1. The molecule has 1 aromatic carbocycles. The predicted molar refractivity (Wildman–Crippen MR) is 88.5 cm³/mol. The molecule has 5 nitrogen and oxygen atoms in total. The Morgan fingerprint density at radius 1 is 1.33 bits per heavy atom. The first-order valence-corrected chi connectivity index (χ1v) is 8.75. The third kappa shape index (κ3) is 4.52. The zero-order valence-corrected chi connectivity index (χ0v) is 14.0. The van der Waals surface area contributed by atoms with Crippen molar-refractivity contribution in [1.82, 2.24) is 9.88 Å². The van der Waals surface area contributed by atoms with Crippen LogP contribution in [0.5, 0.6) is 5.75 Å². The SMILES string of the molecule is O=C(O)C1CCN(Cc2csc(COc3ccc(F)cc3)n2)CC1. The second kappa shape index (κ2) is 7.72. The number of aromatic nitrogens is 1. The van der Waals surface area contributed by atoms with Crippen molar-refractivity contribution >= 4 is 17.3 Å². The average Bonchev–Trinajstić information content (AvgIpc) is 3.02. The van der Waals surface area contributed by atoms with Crippen LogP contribution in [-0.2, 0) is 17.9 Å². The van der Waals surface area contributed by atoms with Gasteiger partial charge in [-0.3, -0.25) is 9.69 Å². The summed E-state index contributed by atoms with van der Waals surface area (Å²) in [5.74, 6) is -0.575. The number of rotatable bonds is 6. The fourth-order valence-corrected chi connectivity index (χ4v) is 3.43. The summed E-state index contributed by atoms with van der Waals surface area (Å²) in [6.07, 6.45) is 1.39. The van der Waals surface area contributed by atoms with Crippen LogP contribution in [0.2, 0.25) is 0 Å². The maximum Gasteiger partial charge on any atom is 0.306 e. The molecule has 0 unspecified atom stereocenters. The molecule has 128 valence electrons. The van der Waals surface area contributed by atoms with Gasteiger partial charge in [0.2, 0.25) is 0 Å². The third-order valence-electron chi connectivity index (χ3n) is 4.10. The summed E-state index contributed by atoms with van der Waals surface area (Å²) in [5, 5.41) is 11.9. The highest BCUT2D eigenvalue weighted by molar-refractivity contribution is 7.09. The Labute approximate surface area is 143 Å². The van der Waals surface area contributed by atoms with E-state index < -0.39 is 5.97 Å². The third-order valence-corrected chi connectivity index (χ3v) is 4.97. The van der Waals surface area contributed by atoms with Gasteiger partial charge in [-0.05, 0) is 50.2 Å². The molecule has 0 spiro atoms.